The summed E-state index contributed by atoms with van der Waals surface area (Å²) >= 11 is 0. The van der Waals surface area contributed by atoms with Gasteiger partial charge in [0.05, 0.1) is 0 Å². The van der Waals surface area contributed by atoms with Crippen LogP contribution in [0.15, 0.2) is 0 Å². The zero-order valence-corrected chi connectivity index (χ0v) is 7.95. The van der Waals surface area contributed by atoms with E-state index in [9.17, 15) is 14.4 Å². The first-order chi connectivity index (χ1) is 6.73. The molecule has 0 bridgehead atoms. The summed E-state index contributed by atoms with van der Waals surface area (Å²) in [6.07, 6.45) is -4.09. The Labute approximate surface area is 84.9 Å². The minimum Gasteiger partial charge on any atom is -0.479 e. The van der Waals surface area contributed by atoms with Gasteiger partial charge in [0.2, 0.25) is 5.91 Å². The topological polar surface area (TPSA) is 158 Å². The molecule has 15 heavy (non-hydrogen) atoms. The standard InChI is InChI=1S/C4H6O6.C3H7NO/c5-1(3(7)8)2(6)4(9)10;1-2-3(4)5/h1-2,5-6H,(H,7,8)(H,9,10);2H2,1H3,(H2,4,5). The number of rotatable bonds is 4. The molecule has 1 amide bonds. The number of aliphatic hydroxyl groups excluding tert-OH is 2. The van der Waals surface area contributed by atoms with Crippen molar-refractivity contribution in [3.05, 3.63) is 0 Å². The smallest absolute Gasteiger partial charge is 0.335 e. The lowest BCUT2D eigenvalue weighted by Crippen LogP contribution is -2.39. The summed E-state index contributed by atoms with van der Waals surface area (Å²) in [6, 6.07) is 0. The number of hydrogen-bond donors (Lipinski definition) is 5. The van der Waals surface area contributed by atoms with E-state index in [1.807, 2.05) is 0 Å². The fourth-order valence-corrected chi connectivity index (χ4v) is 0.270. The number of primary amides is 1. The number of carboxylic acid groups (broad SMARTS) is 2. The molecule has 0 radical (unpaired) electrons. The number of carbonyl (C=O) groups is 3. The lowest BCUT2D eigenvalue weighted by Gasteiger charge is -2.07. The van der Waals surface area contributed by atoms with E-state index in [1.165, 1.54) is 0 Å². The summed E-state index contributed by atoms with van der Waals surface area (Å²) in [5.41, 5.74) is 4.65. The maximum Gasteiger partial charge on any atom is 0.335 e. The summed E-state index contributed by atoms with van der Waals surface area (Å²) < 4.78 is 0. The van der Waals surface area contributed by atoms with Crippen LogP contribution in [-0.2, 0) is 14.4 Å². The SMILES string of the molecule is CCC(N)=O.O=C(O)C(O)C(O)C(=O)O. The van der Waals surface area contributed by atoms with Crippen LogP contribution in [0.1, 0.15) is 13.3 Å². The molecule has 88 valence electrons. The van der Waals surface area contributed by atoms with E-state index >= 15 is 0 Å². The second-order valence-corrected chi connectivity index (χ2v) is 2.39. The number of amides is 1. The molecule has 0 aliphatic heterocycles. The van der Waals surface area contributed by atoms with Crippen LogP contribution in [-0.4, -0.2) is 50.5 Å². The third-order valence-corrected chi connectivity index (χ3v) is 1.15. The first-order valence-electron chi connectivity index (χ1n) is 3.84. The van der Waals surface area contributed by atoms with Crippen molar-refractivity contribution in [1.29, 1.82) is 0 Å². The average molecular weight is 223 g/mol. The van der Waals surface area contributed by atoms with E-state index in [-0.39, 0.29) is 5.91 Å². The van der Waals surface area contributed by atoms with Crippen LogP contribution in [0, 0.1) is 0 Å². The lowest BCUT2D eigenvalue weighted by atomic mass is 10.2. The molecule has 0 aromatic carbocycles. The highest BCUT2D eigenvalue weighted by atomic mass is 16.4. The van der Waals surface area contributed by atoms with Crippen molar-refractivity contribution < 1.29 is 34.8 Å². The largest absolute Gasteiger partial charge is 0.479 e. The zero-order chi connectivity index (χ0) is 12.6. The molecule has 8 heteroatoms. The van der Waals surface area contributed by atoms with Crippen molar-refractivity contribution in [2.24, 2.45) is 5.73 Å². The Hall–Kier alpha value is -1.67. The molecule has 0 aromatic heterocycles. The summed E-state index contributed by atoms with van der Waals surface area (Å²) in [6.45, 7) is 1.72. The van der Waals surface area contributed by atoms with Gasteiger partial charge in [-0.3, -0.25) is 4.79 Å². The highest BCUT2D eigenvalue weighted by Crippen LogP contribution is 1.92. The predicted molar refractivity (Wildman–Crippen MR) is 46.8 cm³/mol. The van der Waals surface area contributed by atoms with Crippen molar-refractivity contribution >= 4 is 17.8 Å². The van der Waals surface area contributed by atoms with Gasteiger partial charge in [-0.25, -0.2) is 9.59 Å². The van der Waals surface area contributed by atoms with Crippen LogP contribution in [0.5, 0.6) is 0 Å². The molecule has 2 unspecified atom stereocenters. The second kappa shape index (κ2) is 7.71. The van der Waals surface area contributed by atoms with Crippen molar-refractivity contribution in [1.82, 2.24) is 0 Å². The number of nitrogens with two attached hydrogens (primary N) is 1. The highest BCUT2D eigenvalue weighted by molar-refractivity contribution is 5.83. The Balaban J connectivity index is 0. The Morgan fingerprint density at radius 2 is 1.27 bits per heavy atom. The molecule has 0 spiro atoms. The van der Waals surface area contributed by atoms with Crippen LogP contribution in [0.4, 0.5) is 0 Å². The summed E-state index contributed by atoms with van der Waals surface area (Å²) in [5.74, 6) is -3.78. The summed E-state index contributed by atoms with van der Waals surface area (Å²) in [4.78, 5) is 29.1. The first-order valence-corrected chi connectivity index (χ1v) is 3.84. The molecule has 6 N–H and O–H groups in total. The van der Waals surface area contributed by atoms with Gasteiger partial charge in [0, 0.05) is 6.42 Å². The molecule has 0 rings (SSSR count). The zero-order valence-electron chi connectivity index (χ0n) is 7.95. The Kier molecular flexibility index (Phi) is 8.11. The molecule has 0 saturated heterocycles. The number of carbonyl (C=O) groups excluding carboxylic acids is 1. The third kappa shape index (κ3) is 8.65. The van der Waals surface area contributed by atoms with Gasteiger partial charge in [-0.2, -0.15) is 0 Å². The van der Waals surface area contributed by atoms with Gasteiger partial charge in [-0.05, 0) is 0 Å². The molecule has 0 saturated carbocycles. The maximum atomic E-state index is 9.77. The lowest BCUT2D eigenvalue weighted by molar-refractivity contribution is -0.165. The van der Waals surface area contributed by atoms with E-state index < -0.39 is 24.1 Å². The summed E-state index contributed by atoms with van der Waals surface area (Å²) in [7, 11) is 0. The van der Waals surface area contributed by atoms with Crippen LogP contribution < -0.4 is 5.73 Å². The normalized spacial score (nSPS) is 13.0. The Morgan fingerprint density at radius 1 is 1.07 bits per heavy atom. The minimum absolute atomic E-state index is 0.245. The van der Waals surface area contributed by atoms with Gasteiger partial charge in [-0.15, -0.1) is 0 Å². The Bertz CT molecular complexity index is 221. The average Bonchev–Trinajstić information content (AvgIpc) is 2.16. The van der Waals surface area contributed by atoms with Crippen molar-refractivity contribution in [2.45, 2.75) is 25.6 Å². The molecule has 2 atom stereocenters. The van der Waals surface area contributed by atoms with Crippen molar-refractivity contribution in [3.8, 4) is 0 Å². The van der Waals surface area contributed by atoms with Crippen LogP contribution in [0.25, 0.3) is 0 Å². The first kappa shape index (κ1) is 15.8. The quantitative estimate of drug-likeness (QED) is 0.360. The van der Waals surface area contributed by atoms with Crippen molar-refractivity contribution in [2.75, 3.05) is 0 Å². The number of hydrogen-bond acceptors (Lipinski definition) is 5. The van der Waals surface area contributed by atoms with E-state index in [0.29, 0.717) is 6.42 Å². The van der Waals surface area contributed by atoms with E-state index in [1.54, 1.807) is 6.92 Å². The summed E-state index contributed by atoms with van der Waals surface area (Å²) in [5, 5.41) is 32.5. The fraction of sp³-hybridized carbons (Fsp3) is 0.571. The number of carboxylic acids is 2. The minimum atomic E-state index is -2.27. The fourth-order valence-electron chi connectivity index (χ4n) is 0.270. The van der Waals surface area contributed by atoms with E-state index in [4.69, 9.17) is 20.4 Å². The van der Waals surface area contributed by atoms with Gasteiger partial charge in [-0.1, -0.05) is 6.92 Å². The number of aliphatic carboxylic acids is 2. The molecule has 0 aliphatic rings. The maximum absolute atomic E-state index is 9.77. The van der Waals surface area contributed by atoms with Gasteiger partial charge < -0.3 is 26.2 Å². The second-order valence-electron chi connectivity index (χ2n) is 2.39. The molecule has 0 heterocycles. The van der Waals surface area contributed by atoms with Gasteiger partial charge >= 0.3 is 11.9 Å². The highest BCUT2D eigenvalue weighted by Gasteiger charge is 2.29. The number of aliphatic hydroxyl groups is 2. The third-order valence-electron chi connectivity index (χ3n) is 1.15. The van der Waals surface area contributed by atoms with Crippen molar-refractivity contribution in [3.63, 3.8) is 0 Å². The monoisotopic (exact) mass is 223 g/mol. The van der Waals surface area contributed by atoms with Gasteiger partial charge in [0.15, 0.2) is 12.2 Å². The molecule has 0 aromatic rings. The van der Waals surface area contributed by atoms with Crippen LogP contribution in [0.3, 0.4) is 0 Å². The Morgan fingerprint density at radius 3 is 1.33 bits per heavy atom. The predicted octanol–water partition coefficient (Wildman–Crippen LogP) is -2.24. The van der Waals surface area contributed by atoms with Gasteiger partial charge in [0.1, 0.15) is 0 Å². The van der Waals surface area contributed by atoms with Gasteiger partial charge in [0.25, 0.3) is 0 Å². The molecule has 0 fully saturated rings. The van der Waals surface area contributed by atoms with E-state index in [0.717, 1.165) is 0 Å². The molecular formula is C7H13NO7. The molecule has 0 aliphatic carbocycles. The molecular weight excluding hydrogens is 210 g/mol. The van der Waals surface area contributed by atoms with Crippen LogP contribution >= 0.6 is 0 Å². The van der Waals surface area contributed by atoms with E-state index in [2.05, 4.69) is 5.73 Å². The molecule has 8 nitrogen and oxygen atoms in total. The van der Waals surface area contributed by atoms with Crippen LogP contribution in [0.2, 0.25) is 0 Å².